The molecule has 156 valence electrons. The minimum Gasteiger partial charge on any atom is -0.465 e. The van der Waals surface area contributed by atoms with E-state index in [9.17, 15) is 24.4 Å². The van der Waals surface area contributed by atoms with Gasteiger partial charge in [-0.25, -0.2) is 5.06 Å². The van der Waals surface area contributed by atoms with Crippen LogP contribution in [-0.4, -0.2) is 59.6 Å². The quantitative estimate of drug-likeness (QED) is 0.192. The molecule has 9 heteroatoms. The van der Waals surface area contributed by atoms with Crippen LogP contribution in [-0.2, 0) is 23.9 Å². The molecule has 0 aromatic heterocycles. The van der Waals surface area contributed by atoms with Crippen molar-refractivity contribution in [1.29, 1.82) is 0 Å². The van der Waals surface area contributed by atoms with Crippen LogP contribution in [0.1, 0.15) is 47.5 Å². The average molecular weight is 387 g/mol. The van der Waals surface area contributed by atoms with Crippen molar-refractivity contribution in [2.75, 3.05) is 19.7 Å². The van der Waals surface area contributed by atoms with Crippen molar-refractivity contribution in [3.63, 3.8) is 0 Å². The maximum absolute atomic E-state index is 13.1. The van der Waals surface area contributed by atoms with E-state index in [1.165, 1.54) is 0 Å². The Balaban J connectivity index is 6.10. The number of hydroxylamine groups is 2. The lowest BCUT2D eigenvalue weighted by Gasteiger charge is -2.44. The van der Waals surface area contributed by atoms with E-state index in [-0.39, 0.29) is 37.8 Å². The zero-order valence-electron chi connectivity index (χ0n) is 16.9. The number of carbonyl (C=O) groups excluding carboxylic acids is 4. The summed E-state index contributed by atoms with van der Waals surface area (Å²) in [4.78, 5) is 48.9. The Morgan fingerprint density at radius 3 is 2.26 bits per heavy atom. The van der Waals surface area contributed by atoms with Crippen LogP contribution in [0.4, 0.5) is 0 Å². The fourth-order valence-electron chi connectivity index (χ4n) is 3.12. The van der Waals surface area contributed by atoms with Gasteiger partial charge in [0.2, 0.25) is 11.8 Å². The second-order valence-electron chi connectivity index (χ2n) is 7.16. The molecule has 0 spiro atoms. The highest BCUT2D eigenvalue weighted by molar-refractivity contribution is 5.95. The van der Waals surface area contributed by atoms with Gasteiger partial charge in [-0.1, -0.05) is 27.7 Å². The van der Waals surface area contributed by atoms with Crippen molar-refractivity contribution in [2.24, 2.45) is 23.5 Å². The molecular weight excluding hydrogens is 354 g/mol. The molecule has 27 heavy (non-hydrogen) atoms. The van der Waals surface area contributed by atoms with Gasteiger partial charge in [-0.15, -0.1) is 0 Å². The molecule has 0 rings (SSSR count). The number of nitrogens with two attached hydrogens (primary N) is 1. The fourth-order valence-corrected chi connectivity index (χ4v) is 3.12. The third kappa shape index (κ3) is 6.59. The van der Waals surface area contributed by atoms with E-state index < -0.39 is 35.8 Å². The summed E-state index contributed by atoms with van der Waals surface area (Å²) in [7, 11) is 0. The molecule has 4 N–H and O–H groups in total. The number of amides is 2. The summed E-state index contributed by atoms with van der Waals surface area (Å²) in [5.74, 6) is -3.70. The number of nitrogens with one attached hydrogen (secondary N) is 1. The predicted molar refractivity (Wildman–Crippen MR) is 98.5 cm³/mol. The van der Waals surface area contributed by atoms with E-state index in [2.05, 4.69) is 5.32 Å². The van der Waals surface area contributed by atoms with Crippen molar-refractivity contribution in [1.82, 2.24) is 10.4 Å². The number of esters is 1. The summed E-state index contributed by atoms with van der Waals surface area (Å²) >= 11 is 0. The summed E-state index contributed by atoms with van der Waals surface area (Å²) < 4.78 is 4.78. The fraction of sp³-hybridized carbons (Fsp3) is 0.778. The number of rotatable bonds is 12. The first-order chi connectivity index (χ1) is 12.6. The second-order valence-corrected chi connectivity index (χ2v) is 7.16. The van der Waals surface area contributed by atoms with E-state index in [0.717, 1.165) is 0 Å². The molecule has 0 heterocycles. The Hall–Kier alpha value is -2.00. The van der Waals surface area contributed by atoms with Gasteiger partial charge in [-0.05, 0) is 25.2 Å². The summed E-state index contributed by atoms with van der Waals surface area (Å²) in [5, 5.41) is 13.4. The Morgan fingerprint density at radius 2 is 1.85 bits per heavy atom. The van der Waals surface area contributed by atoms with Gasteiger partial charge in [-0.3, -0.25) is 19.6 Å². The lowest BCUT2D eigenvalue weighted by atomic mass is 9.72. The SMILES string of the molecule is CCOC(=O)CNC(=O)[C@@](CC(C)C)(C(C=O)C(C)C)N(O)C(=O)CCN. The molecule has 0 aliphatic heterocycles. The van der Waals surface area contributed by atoms with Crippen molar-refractivity contribution < 1.29 is 29.1 Å². The largest absolute Gasteiger partial charge is 0.465 e. The third-order valence-electron chi connectivity index (χ3n) is 4.20. The molecule has 2 amide bonds. The number of aldehydes is 1. The van der Waals surface area contributed by atoms with Crippen LogP contribution in [0.5, 0.6) is 0 Å². The number of hydrogen-bond donors (Lipinski definition) is 3. The second kappa shape index (κ2) is 11.7. The molecule has 0 aromatic carbocycles. The predicted octanol–water partition coefficient (Wildman–Crippen LogP) is 0.488. The first-order valence-corrected chi connectivity index (χ1v) is 9.19. The zero-order valence-corrected chi connectivity index (χ0v) is 16.9. The topological polar surface area (TPSA) is 139 Å². The lowest BCUT2D eigenvalue weighted by molar-refractivity contribution is -0.211. The van der Waals surface area contributed by atoms with Gasteiger partial charge >= 0.3 is 5.97 Å². The molecule has 0 radical (unpaired) electrons. The minimum absolute atomic E-state index is 0.0223. The van der Waals surface area contributed by atoms with Crippen LogP contribution in [0.2, 0.25) is 0 Å². The summed E-state index contributed by atoms with van der Waals surface area (Å²) in [6.45, 7) is 8.36. The van der Waals surface area contributed by atoms with E-state index >= 15 is 0 Å². The van der Waals surface area contributed by atoms with E-state index in [0.29, 0.717) is 11.3 Å². The average Bonchev–Trinajstić information content (AvgIpc) is 2.58. The minimum atomic E-state index is -1.86. The number of carbonyl (C=O) groups is 4. The van der Waals surface area contributed by atoms with Crippen LogP contribution in [0.25, 0.3) is 0 Å². The van der Waals surface area contributed by atoms with Gasteiger partial charge in [0.05, 0.1) is 12.5 Å². The van der Waals surface area contributed by atoms with Crippen molar-refractivity contribution in [3.05, 3.63) is 0 Å². The Bertz CT molecular complexity index is 523. The van der Waals surface area contributed by atoms with Crippen LogP contribution >= 0.6 is 0 Å². The molecule has 1 unspecified atom stereocenters. The Kier molecular flexibility index (Phi) is 10.8. The highest BCUT2D eigenvalue weighted by atomic mass is 16.5. The van der Waals surface area contributed by atoms with E-state index in [1.807, 2.05) is 0 Å². The molecule has 0 bridgehead atoms. The standard InChI is InChI=1S/C18H33N3O6/c1-6-27-16(24)10-20-17(25)18(9-12(2)3,14(11-22)13(4)5)21(26)15(23)7-8-19/h11-14,26H,6-10,19H2,1-5H3,(H,20,25)/t14?,18-/m1/s1. The highest BCUT2D eigenvalue weighted by Crippen LogP contribution is 2.35. The molecule has 0 fully saturated rings. The maximum atomic E-state index is 13.1. The number of nitrogens with zero attached hydrogens (tertiary/aromatic N) is 1. The molecular formula is C18H33N3O6. The molecule has 2 atom stereocenters. The smallest absolute Gasteiger partial charge is 0.325 e. The summed E-state index contributed by atoms with van der Waals surface area (Å²) in [6, 6.07) is 0. The molecule has 0 aliphatic carbocycles. The Morgan fingerprint density at radius 1 is 1.26 bits per heavy atom. The molecule has 0 aromatic rings. The summed E-state index contributed by atoms with van der Waals surface area (Å²) in [5.41, 5.74) is 3.54. The third-order valence-corrected chi connectivity index (χ3v) is 4.20. The van der Waals surface area contributed by atoms with Crippen LogP contribution in [0.15, 0.2) is 0 Å². The van der Waals surface area contributed by atoms with Gasteiger partial charge < -0.3 is 20.6 Å². The normalized spacial score (nSPS) is 14.4. The van der Waals surface area contributed by atoms with Crippen molar-refractivity contribution in [2.45, 2.75) is 53.0 Å². The molecule has 0 saturated heterocycles. The number of hydrogen-bond acceptors (Lipinski definition) is 7. The maximum Gasteiger partial charge on any atom is 0.325 e. The van der Waals surface area contributed by atoms with Gasteiger partial charge in [0, 0.05) is 13.0 Å². The molecule has 0 saturated carbocycles. The van der Waals surface area contributed by atoms with Crippen LogP contribution in [0, 0.1) is 17.8 Å². The van der Waals surface area contributed by atoms with Crippen LogP contribution < -0.4 is 11.1 Å². The lowest BCUT2D eigenvalue weighted by Crippen LogP contribution is -2.66. The molecule has 0 aliphatic rings. The van der Waals surface area contributed by atoms with Crippen molar-refractivity contribution >= 4 is 24.1 Å². The number of ether oxygens (including phenoxy) is 1. The van der Waals surface area contributed by atoms with Gasteiger partial charge in [0.1, 0.15) is 12.8 Å². The van der Waals surface area contributed by atoms with E-state index in [1.54, 1.807) is 34.6 Å². The van der Waals surface area contributed by atoms with E-state index in [4.69, 9.17) is 10.5 Å². The van der Waals surface area contributed by atoms with Gasteiger partial charge in [-0.2, -0.15) is 0 Å². The summed E-state index contributed by atoms with van der Waals surface area (Å²) in [6.07, 6.45) is 0.400. The van der Waals surface area contributed by atoms with Gasteiger partial charge in [0.15, 0.2) is 5.54 Å². The van der Waals surface area contributed by atoms with Crippen molar-refractivity contribution in [3.8, 4) is 0 Å². The highest BCUT2D eigenvalue weighted by Gasteiger charge is 2.53. The zero-order chi connectivity index (χ0) is 21.2. The Labute approximate surface area is 160 Å². The monoisotopic (exact) mass is 387 g/mol. The van der Waals surface area contributed by atoms with Gasteiger partial charge in [0.25, 0.3) is 0 Å². The van der Waals surface area contributed by atoms with Crippen LogP contribution in [0.3, 0.4) is 0 Å². The molecule has 9 nitrogen and oxygen atoms in total. The first kappa shape index (κ1) is 25.0. The first-order valence-electron chi connectivity index (χ1n) is 9.19.